The van der Waals surface area contributed by atoms with E-state index in [1.807, 2.05) is 11.8 Å². The van der Waals surface area contributed by atoms with E-state index in [9.17, 15) is 0 Å². The fraction of sp³-hybridized carbons (Fsp3) is 0.923. The van der Waals surface area contributed by atoms with Gasteiger partial charge >= 0.3 is 0 Å². The lowest BCUT2D eigenvalue weighted by Crippen LogP contribution is -2.24. The molecule has 0 aromatic rings. The monoisotopic (exact) mass is 256 g/mol. The fourth-order valence-corrected chi connectivity index (χ4v) is 3.21. The van der Waals surface area contributed by atoms with Crippen LogP contribution in [-0.4, -0.2) is 36.7 Å². The van der Waals surface area contributed by atoms with Gasteiger partial charge < -0.3 is 10.1 Å². The molecule has 98 valence electrons. The Kier molecular flexibility index (Phi) is 5.16. The summed E-state index contributed by atoms with van der Waals surface area (Å²) in [5, 5.41) is 5.17. The molecule has 2 aliphatic rings. The van der Waals surface area contributed by atoms with Crippen molar-refractivity contribution in [1.29, 1.82) is 0 Å². The topological polar surface area (TPSA) is 33.6 Å². The summed E-state index contributed by atoms with van der Waals surface area (Å²) in [6, 6.07) is 0. The Hall–Kier alpha value is -0.220. The van der Waals surface area contributed by atoms with E-state index in [1.165, 1.54) is 19.3 Å². The molecule has 4 heteroatoms. The Morgan fingerprint density at radius 1 is 1.47 bits per heavy atom. The van der Waals surface area contributed by atoms with Crippen molar-refractivity contribution in [2.75, 3.05) is 26.3 Å². The van der Waals surface area contributed by atoms with E-state index >= 15 is 0 Å². The fourth-order valence-electron chi connectivity index (χ4n) is 1.93. The SMILES string of the molecule is CC(C)CC1CN=C(NCCOCC2CC2)S1. The molecule has 0 amide bonds. The highest BCUT2D eigenvalue weighted by Gasteiger charge is 2.21. The van der Waals surface area contributed by atoms with Crippen LogP contribution in [0.25, 0.3) is 0 Å². The van der Waals surface area contributed by atoms with Crippen molar-refractivity contribution >= 4 is 16.9 Å². The molecule has 1 fully saturated rings. The van der Waals surface area contributed by atoms with Crippen molar-refractivity contribution in [1.82, 2.24) is 5.32 Å². The summed E-state index contributed by atoms with van der Waals surface area (Å²) < 4.78 is 5.58. The number of nitrogens with one attached hydrogen (secondary N) is 1. The van der Waals surface area contributed by atoms with Gasteiger partial charge in [-0.3, -0.25) is 4.99 Å². The van der Waals surface area contributed by atoms with Crippen LogP contribution in [0.15, 0.2) is 4.99 Å². The molecule has 1 aliphatic heterocycles. The smallest absolute Gasteiger partial charge is 0.157 e. The van der Waals surface area contributed by atoms with Crippen LogP contribution in [0.3, 0.4) is 0 Å². The van der Waals surface area contributed by atoms with Crippen LogP contribution >= 0.6 is 11.8 Å². The molecule has 1 aliphatic carbocycles. The van der Waals surface area contributed by atoms with Gasteiger partial charge in [0, 0.05) is 18.4 Å². The van der Waals surface area contributed by atoms with Crippen molar-refractivity contribution < 1.29 is 4.74 Å². The Morgan fingerprint density at radius 2 is 2.29 bits per heavy atom. The van der Waals surface area contributed by atoms with Gasteiger partial charge in [-0.15, -0.1) is 0 Å². The third-order valence-corrected chi connectivity index (χ3v) is 4.20. The summed E-state index contributed by atoms with van der Waals surface area (Å²) in [6.45, 7) is 8.19. The van der Waals surface area contributed by atoms with Gasteiger partial charge in [-0.25, -0.2) is 0 Å². The largest absolute Gasteiger partial charge is 0.379 e. The van der Waals surface area contributed by atoms with Crippen LogP contribution in [0.4, 0.5) is 0 Å². The Morgan fingerprint density at radius 3 is 3.00 bits per heavy atom. The maximum Gasteiger partial charge on any atom is 0.157 e. The van der Waals surface area contributed by atoms with Crippen LogP contribution in [0.2, 0.25) is 0 Å². The molecule has 0 spiro atoms. The molecule has 1 atom stereocenters. The number of ether oxygens (including phenoxy) is 1. The number of rotatable bonds is 7. The van der Waals surface area contributed by atoms with Gasteiger partial charge in [-0.1, -0.05) is 25.6 Å². The normalized spacial score (nSPS) is 24.2. The molecule has 1 unspecified atom stereocenters. The van der Waals surface area contributed by atoms with Crippen molar-refractivity contribution in [3.05, 3.63) is 0 Å². The van der Waals surface area contributed by atoms with Gasteiger partial charge in [0.2, 0.25) is 0 Å². The highest BCUT2D eigenvalue weighted by Crippen LogP contribution is 2.28. The molecular weight excluding hydrogens is 232 g/mol. The minimum absolute atomic E-state index is 0.685. The van der Waals surface area contributed by atoms with Gasteiger partial charge in [-0.05, 0) is 31.1 Å². The van der Waals surface area contributed by atoms with Gasteiger partial charge in [-0.2, -0.15) is 0 Å². The maximum absolute atomic E-state index is 5.58. The van der Waals surface area contributed by atoms with Crippen LogP contribution < -0.4 is 5.32 Å². The summed E-state index contributed by atoms with van der Waals surface area (Å²) in [6.07, 6.45) is 4.00. The molecular formula is C13H24N2OS. The molecule has 0 saturated heterocycles. The Balaban J connectivity index is 1.48. The average Bonchev–Trinajstić information content (AvgIpc) is 2.99. The van der Waals surface area contributed by atoms with E-state index in [0.717, 1.165) is 43.3 Å². The molecule has 1 N–H and O–H groups in total. The first kappa shape index (κ1) is 13.2. The van der Waals surface area contributed by atoms with Crippen molar-refractivity contribution in [2.45, 2.75) is 38.4 Å². The van der Waals surface area contributed by atoms with Crippen molar-refractivity contribution in [3.8, 4) is 0 Å². The first-order valence-electron chi connectivity index (χ1n) is 6.76. The van der Waals surface area contributed by atoms with Gasteiger partial charge in [0.25, 0.3) is 0 Å². The molecule has 0 radical (unpaired) electrons. The second-order valence-electron chi connectivity index (χ2n) is 5.46. The molecule has 2 rings (SSSR count). The lowest BCUT2D eigenvalue weighted by atomic mass is 10.1. The summed E-state index contributed by atoms with van der Waals surface area (Å²) in [4.78, 5) is 4.53. The average molecular weight is 256 g/mol. The number of nitrogens with zero attached hydrogens (tertiary/aromatic N) is 1. The standard InChI is InChI=1S/C13H24N2OS/c1-10(2)7-12-8-15-13(17-12)14-5-6-16-9-11-3-4-11/h10-12H,3-9H2,1-2H3,(H,14,15). The molecule has 1 heterocycles. The number of hydrogen-bond acceptors (Lipinski definition) is 4. The molecule has 3 nitrogen and oxygen atoms in total. The molecule has 0 bridgehead atoms. The highest BCUT2D eigenvalue weighted by atomic mass is 32.2. The van der Waals surface area contributed by atoms with E-state index in [2.05, 4.69) is 24.2 Å². The Labute approximate surface area is 109 Å². The van der Waals surface area contributed by atoms with Gasteiger partial charge in [0.05, 0.1) is 13.2 Å². The summed E-state index contributed by atoms with van der Waals surface area (Å²) in [5.74, 6) is 1.63. The van der Waals surface area contributed by atoms with E-state index in [1.54, 1.807) is 0 Å². The van der Waals surface area contributed by atoms with Gasteiger partial charge in [0.1, 0.15) is 0 Å². The molecule has 0 aromatic heterocycles. The van der Waals surface area contributed by atoms with Crippen molar-refractivity contribution in [2.24, 2.45) is 16.8 Å². The third kappa shape index (κ3) is 5.30. The molecule has 0 aromatic carbocycles. The van der Waals surface area contributed by atoms with Crippen LogP contribution in [0.1, 0.15) is 33.1 Å². The maximum atomic E-state index is 5.58. The minimum atomic E-state index is 0.685. The molecule has 17 heavy (non-hydrogen) atoms. The van der Waals surface area contributed by atoms with E-state index in [0.29, 0.717) is 5.25 Å². The zero-order valence-corrected chi connectivity index (χ0v) is 11.8. The third-order valence-electron chi connectivity index (χ3n) is 3.02. The summed E-state index contributed by atoms with van der Waals surface area (Å²) >= 11 is 1.90. The lowest BCUT2D eigenvalue weighted by molar-refractivity contribution is 0.129. The number of amidine groups is 1. The van der Waals surface area contributed by atoms with Crippen LogP contribution in [0.5, 0.6) is 0 Å². The number of aliphatic imine (C=N–C) groups is 1. The second kappa shape index (κ2) is 6.64. The predicted molar refractivity (Wildman–Crippen MR) is 74.7 cm³/mol. The second-order valence-corrected chi connectivity index (χ2v) is 6.75. The number of hydrogen-bond donors (Lipinski definition) is 1. The zero-order valence-electron chi connectivity index (χ0n) is 10.9. The van der Waals surface area contributed by atoms with Crippen LogP contribution in [-0.2, 0) is 4.74 Å². The lowest BCUT2D eigenvalue weighted by Gasteiger charge is -2.11. The Bertz CT molecular complexity index is 264. The first-order valence-corrected chi connectivity index (χ1v) is 7.64. The number of thioether (sulfide) groups is 1. The summed E-state index contributed by atoms with van der Waals surface area (Å²) in [5.41, 5.74) is 0. The highest BCUT2D eigenvalue weighted by molar-refractivity contribution is 8.14. The van der Waals surface area contributed by atoms with Crippen molar-refractivity contribution in [3.63, 3.8) is 0 Å². The van der Waals surface area contributed by atoms with Crippen LogP contribution in [0, 0.1) is 11.8 Å². The summed E-state index contributed by atoms with van der Waals surface area (Å²) in [7, 11) is 0. The van der Waals surface area contributed by atoms with E-state index in [4.69, 9.17) is 4.74 Å². The quantitative estimate of drug-likeness (QED) is 0.711. The minimum Gasteiger partial charge on any atom is -0.379 e. The predicted octanol–water partition coefficient (Wildman–Crippen LogP) is 2.52. The first-order chi connectivity index (χ1) is 8.24. The van der Waals surface area contributed by atoms with Gasteiger partial charge in [0.15, 0.2) is 5.17 Å². The van der Waals surface area contributed by atoms with E-state index in [-0.39, 0.29) is 0 Å². The molecule has 1 saturated carbocycles. The zero-order chi connectivity index (χ0) is 12.1. The van der Waals surface area contributed by atoms with E-state index < -0.39 is 0 Å².